The van der Waals surface area contributed by atoms with Crippen LogP contribution < -0.4 is 5.32 Å². The molecular weight excluding hydrogens is 326 g/mol. The molecule has 3 nitrogen and oxygen atoms in total. The SMILES string of the molecule is CSC1CCC(NCc2c(Cl)cccc2S(C)(=O)=O)CC1. The number of benzene rings is 1. The van der Waals surface area contributed by atoms with Gasteiger partial charge in [0.05, 0.1) is 4.90 Å². The van der Waals surface area contributed by atoms with E-state index in [9.17, 15) is 8.42 Å². The van der Waals surface area contributed by atoms with Crippen molar-refractivity contribution < 1.29 is 8.42 Å². The number of halogens is 1. The van der Waals surface area contributed by atoms with Gasteiger partial charge >= 0.3 is 0 Å². The zero-order chi connectivity index (χ0) is 15.5. The second-order valence-electron chi connectivity index (χ2n) is 5.58. The molecule has 1 aliphatic rings. The van der Waals surface area contributed by atoms with Gasteiger partial charge in [0.1, 0.15) is 0 Å². The molecule has 1 aliphatic carbocycles. The topological polar surface area (TPSA) is 46.2 Å². The third-order valence-corrected chi connectivity index (χ3v) is 6.72. The number of hydrogen-bond donors (Lipinski definition) is 1. The minimum Gasteiger partial charge on any atom is -0.310 e. The van der Waals surface area contributed by atoms with Crippen LogP contribution in [0.2, 0.25) is 5.02 Å². The molecule has 2 rings (SSSR count). The summed E-state index contributed by atoms with van der Waals surface area (Å²) in [7, 11) is -3.25. The van der Waals surface area contributed by atoms with Crippen molar-refractivity contribution >= 4 is 33.2 Å². The van der Waals surface area contributed by atoms with Gasteiger partial charge in [-0.3, -0.25) is 0 Å². The maximum atomic E-state index is 11.8. The van der Waals surface area contributed by atoms with Crippen molar-refractivity contribution in [3.05, 3.63) is 28.8 Å². The van der Waals surface area contributed by atoms with E-state index in [1.54, 1.807) is 18.2 Å². The standard InChI is InChI=1S/C15H22ClNO2S2/c1-20-12-8-6-11(7-9-12)17-10-13-14(16)4-3-5-15(13)21(2,18)19/h3-5,11-12,17H,6-10H2,1-2H3. The zero-order valence-corrected chi connectivity index (χ0v) is 14.8. The maximum Gasteiger partial charge on any atom is 0.175 e. The fraction of sp³-hybridized carbons (Fsp3) is 0.600. The Hall–Kier alpha value is -0.230. The molecule has 0 aliphatic heterocycles. The first kappa shape index (κ1) is 17.1. The molecule has 1 aromatic carbocycles. The van der Waals surface area contributed by atoms with E-state index in [0.29, 0.717) is 28.1 Å². The van der Waals surface area contributed by atoms with Gasteiger partial charge in [-0.25, -0.2) is 8.42 Å². The van der Waals surface area contributed by atoms with Gasteiger partial charge in [0, 0.05) is 34.7 Å². The Balaban J connectivity index is 2.04. The maximum absolute atomic E-state index is 11.8. The van der Waals surface area contributed by atoms with Crippen molar-refractivity contribution in [1.82, 2.24) is 5.32 Å². The highest BCUT2D eigenvalue weighted by molar-refractivity contribution is 7.99. The molecule has 0 atom stereocenters. The lowest BCUT2D eigenvalue weighted by Gasteiger charge is -2.28. The van der Waals surface area contributed by atoms with E-state index in [0.717, 1.165) is 18.1 Å². The van der Waals surface area contributed by atoms with Crippen molar-refractivity contribution in [1.29, 1.82) is 0 Å². The van der Waals surface area contributed by atoms with Crippen LogP contribution in [0.15, 0.2) is 23.1 Å². The van der Waals surface area contributed by atoms with Crippen molar-refractivity contribution in [2.75, 3.05) is 12.5 Å². The summed E-state index contributed by atoms with van der Waals surface area (Å²) in [6.45, 7) is 0.511. The molecule has 0 saturated heterocycles. The highest BCUT2D eigenvalue weighted by Crippen LogP contribution is 2.28. The number of thioether (sulfide) groups is 1. The third kappa shape index (κ3) is 4.62. The van der Waals surface area contributed by atoms with Crippen LogP contribution in [-0.2, 0) is 16.4 Å². The molecule has 1 N–H and O–H groups in total. The van der Waals surface area contributed by atoms with Gasteiger partial charge < -0.3 is 5.32 Å². The molecule has 6 heteroatoms. The predicted octanol–water partition coefficient (Wildman–Crippen LogP) is 3.51. The van der Waals surface area contributed by atoms with E-state index in [-0.39, 0.29) is 0 Å². The quantitative estimate of drug-likeness (QED) is 0.885. The molecule has 0 amide bonds. The fourth-order valence-electron chi connectivity index (χ4n) is 2.81. The molecule has 0 heterocycles. The molecule has 1 saturated carbocycles. The van der Waals surface area contributed by atoms with Gasteiger partial charge in [-0.1, -0.05) is 17.7 Å². The van der Waals surface area contributed by atoms with Crippen LogP contribution in [0.25, 0.3) is 0 Å². The number of hydrogen-bond acceptors (Lipinski definition) is 4. The van der Waals surface area contributed by atoms with Crippen molar-refractivity contribution in [3.8, 4) is 0 Å². The Labute approximate surface area is 136 Å². The second kappa shape index (κ2) is 7.36. The molecule has 0 aromatic heterocycles. The Morgan fingerprint density at radius 3 is 2.52 bits per heavy atom. The van der Waals surface area contributed by atoms with Crippen molar-refractivity contribution in [2.24, 2.45) is 0 Å². The monoisotopic (exact) mass is 347 g/mol. The molecule has 118 valence electrons. The smallest absolute Gasteiger partial charge is 0.175 e. The molecule has 0 bridgehead atoms. The molecule has 21 heavy (non-hydrogen) atoms. The predicted molar refractivity (Wildman–Crippen MR) is 91.0 cm³/mol. The van der Waals surface area contributed by atoms with Crippen LogP contribution in [0.1, 0.15) is 31.2 Å². The Morgan fingerprint density at radius 1 is 1.29 bits per heavy atom. The molecule has 0 spiro atoms. The van der Waals surface area contributed by atoms with Gasteiger partial charge in [0.25, 0.3) is 0 Å². The molecular formula is C15H22ClNO2S2. The van der Waals surface area contributed by atoms with Gasteiger partial charge in [0.15, 0.2) is 9.84 Å². The van der Waals surface area contributed by atoms with Gasteiger partial charge in [-0.2, -0.15) is 11.8 Å². The zero-order valence-electron chi connectivity index (χ0n) is 12.4. The largest absolute Gasteiger partial charge is 0.310 e. The summed E-state index contributed by atoms with van der Waals surface area (Å²) >= 11 is 8.13. The Kier molecular flexibility index (Phi) is 6.00. The van der Waals surface area contributed by atoms with Crippen LogP contribution >= 0.6 is 23.4 Å². The third-order valence-electron chi connectivity index (χ3n) is 4.05. The molecule has 0 radical (unpaired) electrons. The summed E-state index contributed by atoms with van der Waals surface area (Å²) in [6, 6.07) is 5.52. The minimum atomic E-state index is -3.25. The van der Waals surface area contributed by atoms with Gasteiger partial charge in [-0.15, -0.1) is 0 Å². The first-order valence-electron chi connectivity index (χ1n) is 7.15. The minimum absolute atomic E-state index is 0.334. The van der Waals surface area contributed by atoms with E-state index in [4.69, 9.17) is 11.6 Å². The summed E-state index contributed by atoms with van der Waals surface area (Å²) in [4.78, 5) is 0.334. The molecule has 1 fully saturated rings. The lowest BCUT2D eigenvalue weighted by atomic mass is 9.95. The fourth-order valence-corrected chi connectivity index (χ4v) is 4.80. The van der Waals surface area contributed by atoms with Crippen molar-refractivity contribution in [3.63, 3.8) is 0 Å². The summed E-state index contributed by atoms with van der Waals surface area (Å²) in [5.41, 5.74) is 0.689. The average molecular weight is 348 g/mol. The molecule has 1 aromatic rings. The summed E-state index contributed by atoms with van der Waals surface area (Å²) < 4.78 is 23.7. The van der Waals surface area contributed by atoms with E-state index >= 15 is 0 Å². The van der Waals surface area contributed by atoms with E-state index in [1.807, 2.05) is 11.8 Å². The first-order chi connectivity index (χ1) is 9.91. The second-order valence-corrected chi connectivity index (χ2v) is 9.11. The lowest BCUT2D eigenvalue weighted by Crippen LogP contribution is -2.33. The van der Waals surface area contributed by atoms with Crippen LogP contribution in [0, 0.1) is 0 Å². The summed E-state index contributed by atoms with van der Waals surface area (Å²) in [5, 5.41) is 4.77. The number of sulfone groups is 1. The molecule has 0 unspecified atom stereocenters. The van der Waals surface area contributed by atoms with Gasteiger partial charge in [0.2, 0.25) is 0 Å². The summed E-state index contributed by atoms with van der Waals surface area (Å²) in [6.07, 6.45) is 8.13. The van der Waals surface area contributed by atoms with Crippen LogP contribution in [0.4, 0.5) is 0 Å². The van der Waals surface area contributed by atoms with E-state index < -0.39 is 9.84 Å². The summed E-state index contributed by atoms with van der Waals surface area (Å²) in [5.74, 6) is 0. The van der Waals surface area contributed by atoms with Gasteiger partial charge in [-0.05, 0) is 44.1 Å². The highest BCUT2D eigenvalue weighted by Gasteiger charge is 2.21. The lowest BCUT2D eigenvalue weighted by molar-refractivity contribution is 0.378. The Morgan fingerprint density at radius 2 is 1.95 bits per heavy atom. The highest BCUT2D eigenvalue weighted by atomic mass is 35.5. The first-order valence-corrected chi connectivity index (χ1v) is 10.7. The average Bonchev–Trinajstić information content (AvgIpc) is 2.45. The number of rotatable bonds is 5. The van der Waals surface area contributed by atoms with E-state index in [2.05, 4.69) is 11.6 Å². The van der Waals surface area contributed by atoms with Crippen LogP contribution in [-0.4, -0.2) is 32.2 Å². The van der Waals surface area contributed by atoms with E-state index in [1.165, 1.54) is 19.1 Å². The van der Waals surface area contributed by atoms with Crippen LogP contribution in [0.3, 0.4) is 0 Å². The normalized spacial score (nSPS) is 23.2. The Bertz CT molecular complexity index is 581. The van der Waals surface area contributed by atoms with Crippen LogP contribution in [0.5, 0.6) is 0 Å². The van der Waals surface area contributed by atoms with Crippen molar-refractivity contribution in [2.45, 2.75) is 48.4 Å². The number of nitrogens with one attached hydrogen (secondary N) is 1.